The summed E-state index contributed by atoms with van der Waals surface area (Å²) in [5, 5.41) is 3.31. The van der Waals surface area contributed by atoms with Gasteiger partial charge in [-0.2, -0.15) is 0 Å². The lowest BCUT2D eigenvalue weighted by Crippen LogP contribution is -2.40. The van der Waals surface area contributed by atoms with Crippen LogP contribution >= 0.6 is 0 Å². The minimum absolute atomic E-state index is 0.140. The first kappa shape index (κ1) is 11.9. The highest BCUT2D eigenvalue weighted by Crippen LogP contribution is 2.09. The number of carbonyl (C=O) groups excluding carboxylic acids is 1. The summed E-state index contributed by atoms with van der Waals surface area (Å²) in [6.45, 7) is 9.06. The van der Waals surface area contributed by atoms with Crippen LogP contribution in [0.5, 0.6) is 0 Å². The van der Waals surface area contributed by atoms with E-state index in [0.29, 0.717) is 5.91 Å². The van der Waals surface area contributed by atoms with Crippen LogP contribution in [0.4, 0.5) is 0 Å². The maximum absolute atomic E-state index is 12.0. The van der Waals surface area contributed by atoms with Crippen molar-refractivity contribution in [3.05, 3.63) is 0 Å². The van der Waals surface area contributed by atoms with Crippen molar-refractivity contribution in [2.45, 2.75) is 19.8 Å². The molecule has 0 aromatic carbocycles. The van der Waals surface area contributed by atoms with Crippen LogP contribution in [0.25, 0.3) is 0 Å². The topological polar surface area (TPSA) is 35.6 Å². The average Bonchev–Trinajstić information content (AvgIpc) is 2.74. The molecule has 0 aromatic rings. The highest BCUT2D eigenvalue weighted by molar-refractivity contribution is 5.79. The van der Waals surface area contributed by atoms with E-state index >= 15 is 0 Å². The van der Waals surface area contributed by atoms with Crippen LogP contribution in [0.15, 0.2) is 0 Å². The van der Waals surface area contributed by atoms with E-state index in [-0.39, 0.29) is 5.92 Å². The summed E-state index contributed by atoms with van der Waals surface area (Å²) in [4.78, 5) is 16.5. The lowest BCUT2D eigenvalue weighted by Gasteiger charge is -2.25. The van der Waals surface area contributed by atoms with Crippen LogP contribution in [0.1, 0.15) is 19.8 Å². The Morgan fingerprint density at radius 3 is 2.75 bits per heavy atom. The third-order valence-electron chi connectivity index (χ3n) is 3.63. The third kappa shape index (κ3) is 2.95. The number of likely N-dealkylation sites (tertiary alicyclic amines) is 1. The smallest absolute Gasteiger partial charge is 0.226 e. The minimum atomic E-state index is 0.140. The van der Waals surface area contributed by atoms with E-state index in [9.17, 15) is 4.79 Å². The molecule has 0 saturated carbocycles. The van der Waals surface area contributed by atoms with Gasteiger partial charge in [0.2, 0.25) is 5.91 Å². The van der Waals surface area contributed by atoms with Gasteiger partial charge in [-0.1, -0.05) is 6.92 Å². The zero-order valence-corrected chi connectivity index (χ0v) is 10.2. The molecule has 0 bridgehead atoms. The van der Waals surface area contributed by atoms with E-state index in [1.54, 1.807) is 0 Å². The lowest BCUT2D eigenvalue weighted by atomic mass is 10.1. The summed E-state index contributed by atoms with van der Waals surface area (Å²) in [6.07, 6.45) is 2.65. The number of nitrogens with one attached hydrogen (secondary N) is 1. The fourth-order valence-corrected chi connectivity index (χ4v) is 2.53. The number of amides is 1. The molecule has 1 unspecified atom stereocenters. The Bertz CT molecular complexity index is 238. The number of carbonyl (C=O) groups is 1. The van der Waals surface area contributed by atoms with Gasteiger partial charge in [0, 0.05) is 38.6 Å². The van der Waals surface area contributed by atoms with Gasteiger partial charge >= 0.3 is 0 Å². The van der Waals surface area contributed by atoms with Crippen LogP contribution < -0.4 is 5.32 Å². The van der Waals surface area contributed by atoms with E-state index in [1.807, 2.05) is 11.8 Å². The Hall–Kier alpha value is -0.610. The van der Waals surface area contributed by atoms with Gasteiger partial charge in [0.25, 0.3) is 0 Å². The van der Waals surface area contributed by atoms with Gasteiger partial charge in [0.15, 0.2) is 0 Å². The second-order valence-corrected chi connectivity index (χ2v) is 4.98. The molecule has 1 amide bonds. The van der Waals surface area contributed by atoms with E-state index in [4.69, 9.17) is 0 Å². The minimum Gasteiger partial charge on any atom is -0.340 e. The third-order valence-corrected chi connectivity index (χ3v) is 3.63. The molecule has 2 saturated heterocycles. The van der Waals surface area contributed by atoms with Crippen molar-refractivity contribution in [2.75, 3.05) is 45.8 Å². The second-order valence-electron chi connectivity index (χ2n) is 4.98. The van der Waals surface area contributed by atoms with Gasteiger partial charge < -0.3 is 15.1 Å². The second kappa shape index (κ2) is 5.64. The molecule has 16 heavy (non-hydrogen) atoms. The van der Waals surface area contributed by atoms with E-state index in [1.165, 1.54) is 25.9 Å². The van der Waals surface area contributed by atoms with Crippen molar-refractivity contribution in [1.82, 2.24) is 15.1 Å². The Morgan fingerprint density at radius 2 is 2.00 bits per heavy atom. The number of hydrogen-bond donors (Lipinski definition) is 1. The molecular weight excluding hydrogens is 202 g/mol. The van der Waals surface area contributed by atoms with Crippen molar-refractivity contribution in [1.29, 1.82) is 0 Å². The van der Waals surface area contributed by atoms with E-state index < -0.39 is 0 Å². The fraction of sp³-hybridized carbons (Fsp3) is 0.917. The highest BCUT2D eigenvalue weighted by Gasteiger charge is 2.23. The highest BCUT2D eigenvalue weighted by atomic mass is 16.2. The SMILES string of the molecule is CC1CNCCN(CCN2CCCC2)C1=O. The van der Waals surface area contributed by atoms with Crippen molar-refractivity contribution >= 4 is 5.91 Å². The first-order chi connectivity index (χ1) is 7.77. The Labute approximate surface area is 98.0 Å². The van der Waals surface area contributed by atoms with Crippen molar-refractivity contribution in [3.8, 4) is 0 Å². The molecule has 0 radical (unpaired) electrons. The number of nitrogens with zero attached hydrogens (tertiary/aromatic N) is 2. The van der Waals surface area contributed by atoms with E-state index in [2.05, 4.69) is 10.2 Å². The molecule has 4 nitrogen and oxygen atoms in total. The Morgan fingerprint density at radius 1 is 1.25 bits per heavy atom. The molecule has 1 atom stereocenters. The molecule has 2 rings (SSSR count). The number of hydrogen-bond acceptors (Lipinski definition) is 3. The van der Waals surface area contributed by atoms with Gasteiger partial charge in [-0.15, -0.1) is 0 Å². The fourth-order valence-electron chi connectivity index (χ4n) is 2.53. The van der Waals surface area contributed by atoms with Crippen LogP contribution in [0, 0.1) is 5.92 Å². The maximum Gasteiger partial charge on any atom is 0.226 e. The van der Waals surface area contributed by atoms with E-state index in [0.717, 1.165) is 32.7 Å². The van der Waals surface area contributed by atoms with Gasteiger partial charge in [-0.3, -0.25) is 4.79 Å². The van der Waals surface area contributed by atoms with Crippen LogP contribution in [-0.4, -0.2) is 61.5 Å². The lowest BCUT2D eigenvalue weighted by molar-refractivity contribution is -0.134. The normalized spacial score (nSPS) is 28.4. The molecule has 2 aliphatic rings. The molecule has 0 spiro atoms. The summed E-state index contributed by atoms with van der Waals surface area (Å²) in [6, 6.07) is 0. The molecule has 0 aromatic heterocycles. The zero-order valence-electron chi connectivity index (χ0n) is 10.2. The summed E-state index contributed by atoms with van der Waals surface area (Å²) < 4.78 is 0. The summed E-state index contributed by atoms with van der Waals surface area (Å²) in [5.41, 5.74) is 0. The zero-order chi connectivity index (χ0) is 11.4. The maximum atomic E-state index is 12.0. The van der Waals surface area contributed by atoms with Crippen LogP contribution in [0.3, 0.4) is 0 Å². The van der Waals surface area contributed by atoms with Crippen LogP contribution in [0.2, 0.25) is 0 Å². The van der Waals surface area contributed by atoms with Crippen molar-refractivity contribution in [2.24, 2.45) is 5.92 Å². The van der Waals surface area contributed by atoms with Gasteiger partial charge in [0.1, 0.15) is 0 Å². The molecule has 92 valence electrons. The molecule has 4 heteroatoms. The monoisotopic (exact) mass is 225 g/mol. The molecule has 0 aliphatic carbocycles. The van der Waals surface area contributed by atoms with Crippen molar-refractivity contribution in [3.63, 3.8) is 0 Å². The first-order valence-corrected chi connectivity index (χ1v) is 6.49. The predicted molar refractivity (Wildman–Crippen MR) is 64.3 cm³/mol. The van der Waals surface area contributed by atoms with Gasteiger partial charge in [0.05, 0.1) is 0 Å². The molecule has 2 fully saturated rings. The summed E-state index contributed by atoms with van der Waals surface area (Å²) >= 11 is 0. The molecule has 2 heterocycles. The first-order valence-electron chi connectivity index (χ1n) is 6.49. The summed E-state index contributed by atoms with van der Waals surface area (Å²) in [5.74, 6) is 0.463. The summed E-state index contributed by atoms with van der Waals surface area (Å²) in [7, 11) is 0. The van der Waals surface area contributed by atoms with Gasteiger partial charge in [-0.25, -0.2) is 0 Å². The van der Waals surface area contributed by atoms with Gasteiger partial charge in [-0.05, 0) is 25.9 Å². The average molecular weight is 225 g/mol. The quantitative estimate of drug-likeness (QED) is 0.743. The predicted octanol–water partition coefficient (Wildman–Crippen LogP) is 0.150. The number of rotatable bonds is 3. The molecule has 2 aliphatic heterocycles. The standard InChI is InChI=1S/C12H23N3O/c1-11-10-13-4-7-15(12(11)16)9-8-14-5-2-3-6-14/h11,13H,2-10H2,1H3. The largest absolute Gasteiger partial charge is 0.340 e. The Kier molecular flexibility index (Phi) is 4.18. The molecule has 1 N–H and O–H groups in total. The van der Waals surface area contributed by atoms with Crippen LogP contribution in [-0.2, 0) is 4.79 Å². The van der Waals surface area contributed by atoms with Crippen molar-refractivity contribution < 1.29 is 4.79 Å². The Balaban J connectivity index is 1.79. The molecular formula is C12H23N3O.